The lowest BCUT2D eigenvalue weighted by molar-refractivity contribution is -0.143. The zero-order chi connectivity index (χ0) is 18.9. The van der Waals surface area contributed by atoms with Gasteiger partial charge in [-0.25, -0.2) is 4.79 Å². The minimum Gasteiger partial charge on any atom is -0.444 e. The van der Waals surface area contributed by atoms with Crippen LogP contribution in [0.15, 0.2) is 0 Å². The summed E-state index contributed by atoms with van der Waals surface area (Å²) in [7, 11) is 0. The summed E-state index contributed by atoms with van der Waals surface area (Å²) in [5, 5.41) is 0. The molecule has 2 saturated heterocycles. The van der Waals surface area contributed by atoms with Crippen LogP contribution in [0.1, 0.15) is 46.5 Å². The number of amides is 3. The van der Waals surface area contributed by atoms with Gasteiger partial charge in [-0.1, -0.05) is 0 Å². The van der Waals surface area contributed by atoms with E-state index >= 15 is 0 Å². The second-order valence-corrected chi connectivity index (χ2v) is 8.69. The number of likely N-dealkylation sites (tertiary alicyclic amines) is 1. The van der Waals surface area contributed by atoms with Gasteiger partial charge >= 0.3 is 6.09 Å². The van der Waals surface area contributed by atoms with E-state index in [4.69, 9.17) is 4.74 Å². The molecule has 3 amide bonds. The molecule has 3 aliphatic rings. The number of ether oxygens (including phenoxy) is 1. The van der Waals surface area contributed by atoms with E-state index in [9.17, 15) is 14.4 Å². The van der Waals surface area contributed by atoms with Crippen LogP contribution in [-0.4, -0.2) is 77.5 Å². The van der Waals surface area contributed by atoms with Crippen LogP contribution in [0.5, 0.6) is 0 Å². The van der Waals surface area contributed by atoms with Crippen molar-refractivity contribution in [2.24, 2.45) is 11.8 Å². The molecule has 26 heavy (non-hydrogen) atoms. The van der Waals surface area contributed by atoms with Gasteiger partial charge in [0.25, 0.3) is 0 Å². The van der Waals surface area contributed by atoms with E-state index in [1.165, 1.54) is 0 Å². The van der Waals surface area contributed by atoms with Crippen molar-refractivity contribution >= 4 is 17.9 Å². The van der Waals surface area contributed by atoms with Gasteiger partial charge in [-0.15, -0.1) is 0 Å². The maximum Gasteiger partial charge on any atom is 0.410 e. The molecule has 1 atom stereocenters. The van der Waals surface area contributed by atoms with Gasteiger partial charge in [-0.2, -0.15) is 0 Å². The number of hydrogen-bond acceptors (Lipinski definition) is 4. The van der Waals surface area contributed by atoms with Crippen molar-refractivity contribution in [1.29, 1.82) is 0 Å². The Kier molecular flexibility index (Phi) is 5.44. The average Bonchev–Trinajstić information content (AvgIpc) is 3.44. The summed E-state index contributed by atoms with van der Waals surface area (Å²) < 4.78 is 5.44. The molecule has 2 heterocycles. The van der Waals surface area contributed by atoms with E-state index in [2.05, 4.69) is 0 Å². The Morgan fingerprint density at radius 3 is 1.81 bits per heavy atom. The quantitative estimate of drug-likeness (QED) is 0.747. The fourth-order valence-electron chi connectivity index (χ4n) is 3.66. The number of hydrogen-bond donors (Lipinski definition) is 0. The predicted octanol–water partition coefficient (Wildman–Crippen LogP) is 1.71. The summed E-state index contributed by atoms with van der Waals surface area (Å²) in [5.41, 5.74) is -0.529. The van der Waals surface area contributed by atoms with Gasteiger partial charge in [0.15, 0.2) is 0 Å². The molecule has 1 unspecified atom stereocenters. The lowest BCUT2D eigenvalue weighted by atomic mass is 9.96. The number of carbonyl (C=O) groups is 3. The van der Waals surface area contributed by atoms with Gasteiger partial charge in [0.1, 0.15) is 5.60 Å². The monoisotopic (exact) mass is 365 g/mol. The van der Waals surface area contributed by atoms with Crippen molar-refractivity contribution in [2.75, 3.05) is 39.3 Å². The van der Waals surface area contributed by atoms with Crippen LogP contribution < -0.4 is 0 Å². The summed E-state index contributed by atoms with van der Waals surface area (Å²) in [5.74, 6) is 0.433. The second-order valence-electron chi connectivity index (χ2n) is 8.69. The van der Waals surface area contributed by atoms with E-state index in [1.54, 1.807) is 4.90 Å². The van der Waals surface area contributed by atoms with Crippen molar-refractivity contribution < 1.29 is 19.1 Å². The van der Waals surface area contributed by atoms with E-state index in [0.29, 0.717) is 39.3 Å². The molecule has 146 valence electrons. The molecule has 0 bridgehead atoms. The highest BCUT2D eigenvalue weighted by Gasteiger charge is 2.37. The number of nitrogens with zero attached hydrogens (tertiary/aromatic N) is 3. The van der Waals surface area contributed by atoms with Crippen LogP contribution in [0.2, 0.25) is 0 Å². The highest BCUT2D eigenvalue weighted by molar-refractivity contribution is 5.82. The van der Waals surface area contributed by atoms with Crippen molar-refractivity contribution in [3.8, 4) is 0 Å². The molecular formula is C19H31N3O4. The summed E-state index contributed by atoms with van der Waals surface area (Å²) in [6.45, 7) is 9.06. The van der Waals surface area contributed by atoms with Gasteiger partial charge in [0.05, 0.1) is 5.92 Å². The molecule has 3 fully saturated rings. The lowest BCUT2D eigenvalue weighted by Crippen LogP contribution is -2.54. The molecule has 0 aromatic carbocycles. The molecule has 3 rings (SSSR count). The SMILES string of the molecule is CC(C)(C)OC(=O)N1CCCC(C(=O)N2CCN(C(=O)C3CC3)CC2)C1. The fraction of sp³-hybridized carbons (Fsp3) is 0.842. The normalized spacial score (nSPS) is 24.4. The standard InChI is InChI=1S/C19H31N3O4/c1-19(2,3)26-18(25)22-8-4-5-15(13-22)17(24)21-11-9-20(10-12-21)16(23)14-6-7-14/h14-15H,4-13H2,1-3H3. The van der Waals surface area contributed by atoms with E-state index in [0.717, 1.165) is 25.7 Å². The number of piperidine rings is 1. The van der Waals surface area contributed by atoms with Crippen LogP contribution >= 0.6 is 0 Å². The van der Waals surface area contributed by atoms with Crippen LogP contribution in [0, 0.1) is 11.8 Å². The minimum atomic E-state index is -0.529. The molecule has 7 heteroatoms. The Bertz CT molecular complexity index is 560. The first-order valence-corrected chi connectivity index (χ1v) is 9.80. The maximum atomic E-state index is 12.9. The number of rotatable bonds is 2. The van der Waals surface area contributed by atoms with Crippen LogP contribution in [0.25, 0.3) is 0 Å². The summed E-state index contributed by atoms with van der Waals surface area (Å²) in [6.07, 6.45) is 3.31. The first kappa shape index (κ1) is 19.0. The molecule has 0 spiro atoms. The summed E-state index contributed by atoms with van der Waals surface area (Å²) >= 11 is 0. The third-order valence-electron chi connectivity index (χ3n) is 5.25. The Balaban J connectivity index is 1.50. The average molecular weight is 365 g/mol. The zero-order valence-corrected chi connectivity index (χ0v) is 16.2. The first-order valence-electron chi connectivity index (χ1n) is 9.80. The molecular weight excluding hydrogens is 334 g/mol. The van der Waals surface area contributed by atoms with Crippen molar-refractivity contribution in [3.05, 3.63) is 0 Å². The van der Waals surface area contributed by atoms with E-state index < -0.39 is 5.60 Å². The highest BCUT2D eigenvalue weighted by Crippen LogP contribution is 2.31. The molecule has 0 aromatic heterocycles. The smallest absolute Gasteiger partial charge is 0.410 e. The third kappa shape index (κ3) is 4.68. The first-order chi connectivity index (χ1) is 12.2. The Morgan fingerprint density at radius 1 is 0.769 bits per heavy atom. The largest absolute Gasteiger partial charge is 0.444 e. The number of piperazine rings is 1. The Hall–Kier alpha value is -1.79. The number of carbonyl (C=O) groups excluding carboxylic acids is 3. The second kappa shape index (κ2) is 7.45. The minimum absolute atomic E-state index is 0.108. The van der Waals surface area contributed by atoms with Crippen molar-refractivity contribution in [3.63, 3.8) is 0 Å². The molecule has 0 aromatic rings. The molecule has 1 saturated carbocycles. The maximum absolute atomic E-state index is 12.9. The van der Waals surface area contributed by atoms with Gasteiger partial charge in [-0.3, -0.25) is 9.59 Å². The van der Waals surface area contributed by atoms with Crippen molar-refractivity contribution in [2.45, 2.75) is 52.1 Å². The summed E-state index contributed by atoms with van der Waals surface area (Å²) in [4.78, 5) is 42.7. The van der Waals surface area contributed by atoms with Crippen LogP contribution in [0.4, 0.5) is 4.79 Å². The topological polar surface area (TPSA) is 70.2 Å². The predicted molar refractivity (Wildman–Crippen MR) is 96.4 cm³/mol. The lowest BCUT2D eigenvalue weighted by Gasteiger charge is -2.39. The Labute approximate surface area is 155 Å². The molecule has 7 nitrogen and oxygen atoms in total. The fourth-order valence-corrected chi connectivity index (χ4v) is 3.66. The van der Waals surface area contributed by atoms with Gasteiger partial charge < -0.3 is 19.4 Å². The molecule has 0 N–H and O–H groups in total. The van der Waals surface area contributed by atoms with Crippen LogP contribution in [-0.2, 0) is 14.3 Å². The molecule has 1 aliphatic carbocycles. The van der Waals surface area contributed by atoms with E-state index in [1.807, 2.05) is 30.6 Å². The summed E-state index contributed by atoms with van der Waals surface area (Å²) in [6, 6.07) is 0. The molecule has 2 aliphatic heterocycles. The Morgan fingerprint density at radius 2 is 1.31 bits per heavy atom. The van der Waals surface area contributed by atoms with E-state index in [-0.39, 0.29) is 29.7 Å². The van der Waals surface area contributed by atoms with Gasteiger partial charge in [0.2, 0.25) is 11.8 Å². The highest BCUT2D eigenvalue weighted by atomic mass is 16.6. The van der Waals surface area contributed by atoms with Crippen LogP contribution in [0.3, 0.4) is 0 Å². The molecule has 0 radical (unpaired) electrons. The zero-order valence-electron chi connectivity index (χ0n) is 16.2. The third-order valence-corrected chi connectivity index (χ3v) is 5.25. The van der Waals surface area contributed by atoms with Gasteiger partial charge in [0, 0.05) is 45.2 Å². The van der Waals surface area contributed by atoms with Crippen molar-refractivity contribution in [1.82, 2.24) is 14.7 Å². The van der Waals surface area contributed by atoms with Gasteiger partial charge in [-0.05, 0) is 46.5 Å².